The molecule has 0 aliphatic heterocycles. The van der Waals surface area contributed by atoms with Gasteiger partial charge in [0.2, 0.25) is 6.10 Å². The molecule has 23 heavy (non-hydrogen) atoms. The number of carboxylic acid groups (broad SMARTS) is 1. The van der Waals surface area contributed by atoms with E-state index < -0.39 is 24.1 Å². The topological polar surface area (TPSA) is 93.1 Å². The van der Waals surface area contributed by atoms with E-state index in [-0.39, 0.29) is 12.8 Å². The highest BCUT2D eigenvalue weighted by Gasteiger charge is 2.26. The van der Waals surface area contributed by atoms with Gasteiger partial charge >= 0.3 is 11.9 Å². The minimum absolute atomic E-state index is 0.0703. The van der Waals surface area contributed by atoms with Gasteiger partial charge in [0.1, 0.15) is 5.75 Å². The molecule has 0 amide bonds. The zero-order chi connectivity index (χ0) is 16.8. The van der Waals surface area contributed by atoms with Crippen LogP contribution in [0.4, 0.5) is 0 Å². The highest BCUT2D eigenvalue weighted by atomic mass is 16.6. The van der Waals surface area contributed by atoms with E-state index in [1.165, 1.54) is 0 Å². The maximum absolute atomic E-state index is 12.1. The molecule has 0 aromatic heterocycles. The van der Waals surface area contributed by atoms with E-state index in [0.717, 1.165) is 5.56 Å². The summed E-state index contributed by atoms with van der Waals surface area (Å²) in [7, 11) is 1.54. The first-order chi connectivity index (χ1) is 11.0. The SMILES string of the molecule is COc1ccc(CC(OC(=O)C2=CCCC(O)C2)C(=O)O)cc1. The van der Waals surface area contributed by atoms with E-state index in [4.69, 9.17) is 9.47 Å². The molecule has 2 atom stereocenters. The molecule has 6 nitrogen and oxygen atoms in total. The lowest BCUT2D eigenvalue weighted by atomic mass is 9.97. The number of ether oxygens (including phenoxy) is 2. The smallest absolute Gasteiger partial charge is 0.345 e. The number of aliphatic hydroxyl groups excluding tert-OH is 1. The van der Waals surface area contributed by atoms with Crippen molar-refractivity contribution in [3.63, 3.8) is 0 Å². The second kappa shape index (κ2) is 7.78. The van der Waals surface area contributed by atoms with Crippen LogP contribution < -0.4 is 4.74 Å². The van der Waals surface area contributed by atoms with E-state index in [0.29, 0.717) is 24.2 Å². The molecule has 0 saturated heterocycles. The fourth-order valence-electron chi connectivity index (χ4n) is 2.42. The summed E-state index contributed by atoms with van der Waals surface area (Å²) in [4.78, 5) is 23.4. The Labute approximate surface area is 134 Å². The first-order valence-corrected chi connectivity index (χ1v) is 7.43. The van der Waals surface area contributed by atoms with Crippen molar-refractivity contribution in [1.29, 1.82) is 0 Å². The summed E-state index contributed by atoms with van der Waals surface area (Å²) in [6, 6.07) is 6.89. The van der Waals surface area contributed by atoms with Gasteiger partial charge in [-0.25, -0.2) is 9.59 Å². The van der Waals surface area contributed by atoms with E-state index in [2.05, 4.69) is 0 Å². The van der Waals surface area contributed by atoms with Gasteiger partial charge in [-0.1, -0.05) is 18.2 Å². The molecule has 1 aliphatic rings. The number of hydrogen-bond acceptors (Lipinski definition) is 5. The molecule has 1 aromatic carbocycles. The number of hydrogen-bond donors (Lipinski definition) is 2. The number of allylic oxidation sites excluding steroid dienone is 1. The van der Waals surface area contributed by atoms with E-state index in [1.807, 2.05) is 0 Å². The van der Waals surface area contributed by atoms with Crippen LogP contribution in [0.1, 0.15) is 24.8 Å². The van der Waals surface area contributed by atoms with E-state index in [1.54, 1.807) is 37.5 Å². The molecule has 2 unspecified atom stereocenters. The Morgan fingerprint density at radius 2 is 2.00 bits per heavy atom. The van der Waals surface area contributed by atoms with Crippen LogP contribution in [0.15, 0.2) is 35.9 Å². The first-order valence-electron chi connectivity index (χ1n) is 7.43. The average Bonchev–Trinajstić information content (AvgIpc) is 2.54. The lowest BCUT2D eigenvalue weighted by Gasteiger charge is -2.19. The quantitative estimate of drug-likeness (QED) is 0.775. The second-order valence-electron chi connectivity index (χ2n) is 5.45. The molecule has 1 aromatic rings. The lowest BCUT2D eigenvalue weighted by molar-refractivity contribution is -0.161. The van der Waals surface area contributed by atoms with Crippen molar-refractivity contribution in [2.45, 2.75) is 37.9 Å². The van der Waals surface area contributed by atoms with Crippen LogP contribution in [0.25, 0.3) is 0 Å². The second-order valence-corrected chi connectivity index (χ2v) is 5.45. The van der Waals surface area contributed by atoms with Gasteiger partial charge in [-0.05, 0) is 30.5 Å². The summed E-state index contributed by atoms with van der Waals surface area (Å²) in [6.45, 7) is 0. The summed E-state index contributed by atoms with van der Waals surface area (Å²) in [6.07, 6.45) is 1.31. The zero-order valence-electron chi connectivity index (χ0n) is 12.9. The zero-order valence-corrected chi connectivity index (χ0v) is 12.9. The van der Waals surface area contributed by atoms with Crippen LogP contribution in [-0.4, -0.2) is 41.5 Å². The highest BCUT2D eigenvalue weighted by Crippen LogP contribution is 2.21. The number of methoxy groups -OCH3 is 1. The molecule has 124 valence electrons. The number of esters is 1. The standard InChI is InChI=1S/C17H20O6/c1-22-14-7-5-11(6-8-14)9-15(16(19)20)23-17(21)12-3-2-4-13(18)10-12/h3,5-8,13,15,18H,2,4,9-10H2,1H3,(H,19,20). The van der Waals surface area contributed by atoms with E-state index >= 15 is 0 Å². The number of aliphatic hydroxyl groups is 1. The summed E-state index contributed by atoms with van der Waals surface area (Å²) in [5, 5.41) is 18.8. The summed E-state index contributed by atoms with van der Waals surface area (Å²) < 4.78 is 10.2. The third kappa shape index (κ3) is 4.82. The van der Waals surface area contributed by atoms with Gasteiger partial charge in [0, 0.05) is 18.4 Å². The van der Waals surface area contributed by atoms with Gasteiger partial charge in [-0.15, -0.1) is 0 Å². The van der Waals surface area contributed by atoms with Gasteiger partial charge in [0.05, 0.1) is 13.2 Å². The van der Waals surface area contributed by atoms with Gasteiger partial charge in [-0.3, -0.25) is 0 Å². The predicted octanol–water partition coefficient (Wildman–Crippen LogP) is 1.71. The fraction of sp³-hybridized carbons (Fsp3) is 0.412. The van der Waals surface area contributed by atoms with Crippen LogP contribution >= 0.6 is 0 Å². The first kappa shape index (κ1) is 17.0. The molecule has 0 saturated carbocycles. The van der Waals surface area contributed by atoms with Crippen molar-refractivity contribution in [3.8, 4) is 5.75 Å². The van der Waals surface area contributed by atoms with Crippen LogP contribution in [0, 0.1) is 0 Å². The number of carbonyl (C=O) groups is 2. The predicted molar refractivity (Wildman–Crippen MR) is 82.2 cm³/mol. The Kier molecular flexibility index (Phi) is 5.76. The molecule has 0 bridgehead atoms. The molecular formula is C17H20O6. The molecule has 1 aliphatic carbocycles. The third-order valence-corrected chi connectivity index (χ3v) is 3.71. The Balaban J connectivity index is 2.02. The van der Waals surface area contributed by atoms with Crippen molar-refractivity contribution >= 4 is 11.9 Å². The molecule has 0 heterocycles. The van der Waals surface area contributed by atoms with Gasteiger partial charge < -0.3 is 19.7 Å². The number of carboxylic acids is 1. The van der Waals surface area contributed by atoms with E-state index in [9.17, 15) is 19.8 Å². The minimum atomic E-state index is -1.27. The van der Waals surface area contributed by atoms with Crippen LogP contribution in [0.3, 0.4) is 0 Å². The monoisotopic (exact) mass is 320 g/mol. The Bertz CT molecular complexity index is 590. The molecular weight excluding hydrogens is 300 g/mol. The molecule has 0 radical (unpaired) electrons. The Morgan fingerprint density at radius 1 is 1.30 bits per heavy atom. The van der Waals surface area contributed by atoms with Crippen molar-refractivity contribution in [1.82, 2.24) is 0 Å². The Hall–Kier alpha value is -2.34. The molecule has 2 N–H and O–H groups in total. The van der Waals surface area contributed by atoms with Gasteiger partial charge in [0.15, 0.2) is 0 Å². The summed E-state index contributed by atoms with van der Waals surface area (Å²) in [5.74, 6) is -1.21. The fourth-order valence-corrected chi connectivity index (χ4v) is 2.42. The molecule has 2 rings (SSSR count). The number of benzene rings is 1. The lowest BCUT2D eigenvalue weighted by Crippen LogP contribution is -2.31. The number of rotatable bonds is 6. The summed E-state index contributed by atoms with van der Waals surface area (Å²) in [5.41, 5.74) is 1.06. The maximum Gasteiger partial charge on any atom is 0.345 e. The van der Waals surface area contributed by atoms with Crippen molar-refractivity contribution in [3.05, 3.63) is 41.5 Å². The van der Waals surface area contributed by atoms with Crippen molar-refractivity contribution in [2.24, 2.45) is 0 Å². The molecule has 0 fully saturated rings. The summed E-state index contributed by atoms with van der Waals surface area (Å²) >= 11 is 0. The van der Waals surface area contributed by atoms with Crippen LogP contribution in [0.5, 0.6) is 5.75 Å². The normalized spacial score (nSPS) is 18.7. The molecule has 6 heteroatoms. The van der Waals surface area contributed by atoms with Gasteiger partial charge in [0.25, 0.3) is 0 Å². The highest BCUT2D eigenvalue weighted by molar-refractivity contribution is 5.90. The number of carbonyl (C=O) groups excluding carboxylic acids is 1. The molecule has 0 spiro atoms. The third-order valence-electron chi connectivity index (χ3n) is 3.71. The Morgan fingerprint density at radius 3 is 2.57 bits per heavy atom. The van der Waals surface area contributed by atoms with Crippen molar-refractivity contribution < 1.29 is 29.3 Å². The largest absolute Gasteiger partial charge is 0.497 e. The van der Waals surface area contributed by atoms with Crippen LogP contribution in [-0.2, 0) is 20.7 Å². The maximum atomic E-state index is 12.1. The van der Waals surface area contributed by atoms with Crippen LogP contribution in [0.2, 0.25) is 0 Å². The average molecular weight is 320 g/mol. The van der Waals surface area contributed by atoms with Crippen molar-refractivity contribution in [2.75, 3.05) is 7.11 Å². The van der Waals surface area contributed by atoms with Gasteiger partial charge in [-0.2, -0.15) is 0 Å². The minimum Gasteiger partial charge on any atom is -0.497 e. The number of aliphatic carboxylic acids is 1.